The Morgan fingerprint density at radius 1 is 1.11 bits per heavy atom. The summed E-state index contributed by atoms with van der Waals surface area (Å²) >= 11 is 0. The van der Waals surface area contributed by atoms with E-state index in [2.05, 4.69) is 17.1 Å². The van der Waals surface area contributed by atoms with E-state index in [0.717, 1.165) is 36.0 Å². The van der Waals surface area contributed by atoms with Gasteiger partial charge in [-0.3, -0.25) is 0 Å². The van der Waals surface area contributed by atoms with Gasteiger partial charge in [0.2, 0.25) is 0 Å². The molecule has 0 radical (unpaired) electrons. The van der Waals surface area contributed by atoms with Crippen molar-refractivity contribution in [3.05, 3.63) is 24.0 Å². The average Bonchev–Trinajstić information content (AvgIpc) is 2.80. The molecule has 5 rings (SSSR count). The van der Waals surface area contributed by atoms with Crippen LogP contribution in [0.1, 0.15) is 37.8 Å². The van der Waals surface area contributed by atoms with Crippen molar-refractivity contribution in [3.8, 4) is 0 Å². The topological polar surface area (TPSA) is 41.8 Å². The minimum absolute atomic E-state index is 0.374. The van der Waals surface area contributed by atoms with E-state index in [0.29, 0.717) is 6.04 Å². The molecule has 1 aromatic rings. The Morgan fingerprint density at radius 3 is 2.33 bits per heavy atom. The van der Waals surface area contributed by atoms with Crippen LogP contribution in [-0.4, -0.2) is 11.0 Å². The van der Waals surface area contributed by atoms with E-state index in [1.807, 2.05) is 6.20 Å². The van der Waals surface area contributed by atoms with Crippen molar-refractivity contribution in [1.82, 2.24) is 4.98 Å². The molecule has 2 nitrogen and oxygen atoms in total. The van der Waals surface area contributed by atoms with Crippen LogP contribution in [0.3, 0.4) is 0 Å². The number of hydrogen-bond donors (Lipinski definition) is 2. The fourth-order valence-corrected chi connectivity index (χ4v) is 5.55. The first kappa shape index (κ1) is 11.1. The Morgan fingerprint density at radius 2 is 1.78 bits per heavy atom. The van der Waals surface area contributed by atoms with Crippen LogP contribution in [0.5, 0.6) is 0 Å². The Kier molecular flexibility index (Phi) is 2.54. The zero-order valence-electron chi connectivity index (χ0n) is 11.0. The molecular weight excluding hydrogens is 220 g/mol. The van der Waals surface area contributed by atoms with Crippen LogP contribution in [0.15, 0.2) is 18.3 Å². The van der Waals surface area contributed by atoms with Crippen molar-refractivity contribution in [2.45, 2.75) is 44.6 Å². The summed E-state index contributed by atoms with van der Waals surface area (Å²) in [6.07, 6.45) is 10.5. The fraction of sp³-hybridized carbons (Fsp3) is 0.750. The Hall–Kier alpha value is -0.760. The third-order valence-electron chi connectivity index (χ3n) is 5.91. The van der Waals surface area contributed by atoms with Crippen LogP contribution < -0.4 is 5.73 Å². The zero-order chi connectivity index (χ0) is 12.1. The first-order valence-electron chi connectivity index (χ1n) is 7.67. The summed E-state index contributed by atoms with van der Waals surface area (Å²) < 4.78 is 0. The van der Waals surface area contributed by atoms with E-state index in [-0.39, 0.29) is 0 Å². The van der Waals surface area contributed by atoms with E-state index >= 15 is 0 Å². The van der Waals surface area contributed by atoms with Gasteiger partial charge in [0.25, 0.3) is 0 Å². The van der Waals surface area contributed by atoms with Gasteiger partial charge in [-0.1, -0.05) is 0 Å². The van der Waals surface area contributed by atoms with E-state index in [1.165, 1.54) is 37.8 Å². The maximum Gasteiger partial charge on any atom is 0.0162 e. The second-order valence-electron chi connectivity index (χ2n) is 7.07. The molecule has 18 heavy (non-hydrogen) atoms. The highest BCUT2D eigenvalue weighted by Gasteiger charge is 2.49. The Labute approximate surface area is 109 Å². The molecule has 1 unspecified atom stereocenters. The highest BCUT2D eigenvalue weighted by Crippen LogP contribution is 2.57. The monoisotopic (exact) mass is 244 g/mol. The largest absolute Gasteiger partial charge is 0.365 e. The molecule has 0 saturated heterocycles. The van der Waals surface area contributed by atoms with Crippen LogP contribution in [0.25, 0.3) is 0 Å². The van der Waals surface area contributed by atoms with Crippen LogP contribution >= 0.6 is 0 Å². The molecule has 3 N–H and O–H groups in total. The van der Waals surface area contributed by atoms with E-state index < -0.39 is 0 Å². The zero-order valence-corrected chi connectivity index (χ0v) is 11.0. The number of hydrogen-bond acceptors (Lipinski definition) is 1. The van der Waals surface area contributed by atoms with Gasteiger partial charge in [-0.2, -0.15) is 0 Å². The lowest BCUT2D eigenvalue weighted by atomic mass is 9.50. The molecule has 2 heteroatoms. The number of nitrogens with two attached hydrogens (primary N) is 1. The van der Waals surface area contributed by atoms with Crippen molar-refractivity contribution in [2.75, 3.05) is 0 Å². The van der Waals surface area contributed by atoms with Gasteiger partial charge < -0.3 is 10.7 Å². The minimum atomic E-state index is 0.374. The third-order valence-corrected chi connectivity index (χ3v) is 5.91. The number of aromatic nitrogens is 1. The third kappa shape index (κ3) is 1.73. The molecule has 1 aromatic heterocycles. The molecule has 1 heterocycles. The minimum Gasteiger partial charge on any atom is -0.365 e. The number of H-pyrrole nitrogens is 1. The molecular formula is C16H24N2. The number of nitrogens with one attached hydrogen (secondary N) is 1. The van der Waals surface area contributed by atoms with Crippen LogP contribution in [0, 0.1) is 29.6 Å². The fourth-order valence-electron chi connectivity index (χ4n) is 5.55. The van der Waals surface area contributed by atoms with E-state index in [9.17, 15) is 0 Å². The molecule has 4 aliphatic rings. The van der Waals surface area contributed by atoms with E-state index in [1.54, 1.807) is 0 Å². The van der Waals surface area contributed by atoms with Gasteiger partial charge in [0, 0.05) is 24.4 Å². The predicted octanol–water partition coefficient (Wildman–Crippen LogP) is 2.96. The first-order chi connectivity index (χ1) is 8.79. The lowest BCUT2D eigenvalue weighted by molar-refractivity contribution is -0.0465. The van der Waals surface area contributed by atoms with Gasteiger partial charge in [-0.15, -0.1) is 0 Å². The molecule has 0 amide bonds. The van der Waals surface area contributed by atoms with Crippen LogP contribution in [-0.2, 0) is 6.42 Å². The van der Waals surface area contributed by atoms with E-state index in [4.69, 9.17) is 5.73 Å². The second kappa shape index (κ2) is 4.12. The number of rotatable bonds is 3. The van der Waals surface area contributed by atoms with Crippen molar-refractivity contribution < 1.29 is 0 Å². The maximum absolute atomic E-state index is 6.57. The molecule has 0 spiro atoms. The summed E-state index contributed by atoms with van der Waals surface area (Å²) in [5.74, 6) is 4.82. The second-order valence-corrected chi connectivity index (χ2v) is 7.07. The standard InChI is InChI=1S/C16H24N2/c17-15(9-14-2-1-3-18-14)16-12-5-10-4-11(7-12)8-13(16)6-10/h1-3,10-13,15-16,18H,4-9,17H2. The van der Waals surface area contributed by atoms with Gasteiger partial charge in [0.1, 0.15) is 0 Å². The molecule has 0 aromatic carbocycles. The van der Waals surface area contributed by atoms with Gasteiger partial charge >= 0.3 is 0 Å². The molecule has 4 aliphatic carbocycles. The van der Waals surface area contributed by atoms with Gasteiger partial charge in [0.05, 0.1) is 0 Å². The van der Waals surface area contributed by atoms with Crippen molar-refractivity contribution in [3.63, 3.8) is 0 Å². The summed E-state index contributed by atoms with van der Waals surface area (Å²) in [5, 5.41) is 0. The molecule has 98 valence electrons. The predicted molar refractivity (Wildman–Crippen MR) is 73.0 cm³/mol. The van der Waals surface area contributed by atoms with Crippen molar-refractivity contribution >= 4 is 0 Å². The lowest BCUT2D eigenvalue weighted by Gasteiger charge is -2.56. The highest BCUT2D eigenvalue weighted by atomic mass is 14.7. The summed E-state index contributed by atoms with van der Waals surface area (Å²) in [6, 6.07) is 4.63. The number of aromatic amines is 1. The summed E-state index contributed by atoms with van der Waals surface area (Å²) in [7, 11) is 0. The summed E-state index contributed by atoms with van der Waals surface area (Å²) in [6.45, 7) is 0. The summed E-state index contributed by atoms with van der Waals surface area (Å²) in [5.41, 5.74) is 7.89. The molecule has 0 aliphatic heterocycles. The molecule has 1 atom stereocenters. The molecule has 4 fully saturated rings. The Balaban J connectivity index is 1.50. The van der Waals surface area contributed by atoms with Crippen molar-refractivity contribution in [1.29, 1.82) is 0 Å². The van der Waals surface area contributed by atoms with Crippen LogP contribution in [0.4, 0.5) is 0 Å². The van der Waals surface area contributed by atoms with Gasteiger partial charge in [0.15, 0.2) is 0 Å². The smallest absolute Gasteiger partial charge is 0.0162 e. The van der Waals surface area contributed by atoms with Crippen LogP contribution in [0.2, 0.25) is 0 Å². The first-order valence-corrected chi connectivity index (χ1v) is 7.67. The van der Waals surface area contributed by atoms with Gasteiger partial charge in [-0.25, -0.2) is 0 Å². The maximum atomic E-state index is 6.57. The lowest BCUT2D eigenvalue weighted by Crippen LogP contribution is -2.52. The highest BCUT2D eigenvalue weighted by molar-refractivity contribution is 5.08. The molecule has 4 saturated carbocycles. The normalized spacial score (nSPS) is 43.3. The SMILES string of the molecule is NC(Cc1ccc[nH]1)C1C2CC3CC(C2)CC1C3. The molecule has 4 bridgehead atoms. The Bertz CT molecular complexity index is 381. The van der Waals surface area contributed by atoms with Crippen molar-refractivity contribution in [2.24, 2.45) is 35.3 Å². The quantitative estimate of drug-likeness (QED) is 0.843. The summed E-state index contributed by atoms with van der Waals surface area (Å²) in [4.78, 5) is 3.31. The van der Waals surface area contributed by atoms with Gasteiger partial charge in [-0.05, 0) is 73.8 Å². The average molecular weight is 244 g/mol.